The fraction of sp³-hybridized carbons (Fsp3) is 0.111. The fourth-order valence-electron chi connectivity index (χ4n) is 1.43. The molecule has 0 unspecified atom stereocenters. The Hall–Kier alpha value is -1.98. The molecule has 0 spiro atoms. The van der Waals surface area contributed by atoms with E-state index in [-0.39, 0.29) is 16.5 Å². The molecule has 0 aliphatic rings. The Bertz CT molecular complexity index is 522. The lowest BCUT2D eigenvalue weighted by Gasteiger charge is -1.99. The number of rotatable bonds is 2. The van der Waals surface area contributed by atoms with Crippen LogP contribution in [0.1, 0.15) is 22.5 Å². The maximum absolute atomic E-state index is 12.5. The van der Waals surface area contributed by atoms with Crippen molar-refractivity contribution in [1.29, 1.82) is 0 Å². The van der Waals surface area contributed by atoms with Gasteiger partial charge in [-0.05, 0) is 12.1 Å². The molecule has 2 rings (SSSR count). The first kappa shape index (κ1) is 9.57. The predicted molar refractivity (Wildman–Crippen MR) is 48.0 cm³/mol. The smallest absolute Gasteiger partial charge is 0.336 e. The van der Waals surface area contributed by atoms with Gasteiger partial charge in [-0.2, -0.15) is 5.10 Å². The van der Waals surface area contributed by atoms with Gasteiger partial charge in [0, 0.05) is 5.39 Å². The van der Waals surface area contributed by atoms with Crippen LogP contribution in [-0.4, -0.2) is 21.3 Å². The molecule has 0 aliphatic heterocycles. The molecular weight excluding hydrogens is 206 g/mol. The Morgan fingerprint density at radius 3 is 2.80 bits per heavy atom. The number of fused-ring (bicyclic) bond motifs is 1. The number of H-pyrrole nitrogens is 1. The van der Waals surface area contributed by atoms with E-state index in [4.69, 9.17) is 5.11 Å². The molecule has 78 valence electrons. The minimum atomic E-state index is -2.77. The second-order valence-electron chi connectivity index (χ2n) is 2.94. The second kappa shape index (κ2) is 3.30. The number of aromatic carboxylic acids is 1. The van der Waals surface area contributed by atoms with Gasteiger partial charge in [0.25, 0.3) is 6.43 Å². The van der Waals surface area contributed by atoms with E-state index in [1.807, 2.05) is 0 Å². The number of aromatic amines is 1. The number of alkyl halides is 2. The molecule has 0 amide bonds. The molecule has 6 heteroatoms. The van der Waals surface area contributed by atoms with Crippen molar-refractivity contribution in [3.05, 3.63) is 29.5 Å². The van der Waals surface area contributed by atoms with Crippen LogP contribution in [0.2, 0.25) is 0 Å². The van der Waals surface area contributed by atoms with E-state index in [1.54, 1.807) is 0 Å². The van der Waals surface area contributed by atoms with Crippen molar-refractivity contribution >= 4 is 16.9 Å². The maximum Gasteiger partial charge on any atom is 0.336 e. The highest BCUT2D eigenvalue weighted by molar-refractivity contribution is 6.03. The molecule has 0 atom stereocenters. The summed E-state index contributed by atoms with van der Waals surface area (Å²) in [5.74, 6) is -1.25. The third-order valence-electron chi connectivity index (χ3n) is 2.06. The van der Waals surface area contributed by atoms with Crippen molar-refractivity contribution < 1.29 is 18.7 Å². The first-order chi connectivity index (χ1) is 7.11. The van der Waals surface area contributed by atoms with Crippen LogP contribution in [0.3, 0.4) is 0 Å². The van der Waals surface area contributed by atoms with Crippen LogP contribution in [0.5, 0.6) is 0 Å². The summed E-state index contributed by atoms with van der Waals surface area (Å²) in [5, 5.41) is 14.6. The van der Waals surface area contributed by atoms with Crippen LogP contribution in [0, 0.1) is 0 Å². The molecule has 0 saturated carbocycles. The molecule has 0 bridgehead atoms. The van der Waals surface area contributed by atoms with E-state index >= 15 is 0 Å². The highest BCUT2D eigenvalue weighted by Crippen LogP contribution is 2.27. The molecule has 2 aromatic rings. The van der Waals surface area contributed by atoms with Crippen LogP contribution in [0.25, 0.3) is 10.9 Å². The first-order valence-electron chi connectivity index (χ1n) is 4.09. The second-order valence-corrected chi connectivity index (χ2v) is 2.94. The van der Waals surface area contributed by atoms with E-state index in [1.165, 1.54) is 18.2 Å². The summed E-state index contributed by atoms with van der Waals surface area (Å²) in [4.78, 5) is 10.8. The number of aromatic nitrogens is 2. The SMILES string of the molecule is O=C(O)c1cccc2n[nH]c(C(F)F)c12. The minimum absolute atomic E-state index is 0.0278. The topological polar surface area (TPSA) is 66.0 Å². The molecule has 4 nitrogen and oxygen atoms in total. The largest absolute Gasteiger partial charge is 0.478 e. The van der Waals surface area contributed by atoms with Gasteiger partial charge >= 0.3 is 5.97 Å². The molecule has 1 heterocycles. The summed E-state index contributed by atoms with van der Waals surface area (Å²) < 4.78 is 25.0. The van der Waals surface area contributed by atoms with Gasteiger partial charge < -0.3 is 5.11 Å². The van der Waals surface area contributed by atoms with Crippen molar-refractivity contribution in [1.82, 2.24) is 10.2 Å². The lowest BCUT2D eigenvalue weighted by atomic mass is 10.1. The highest BCUT2D eigenvalue weighted by atomic mass is 19.3. The summed E-state index contributed by atoms with van der Waals surface area (Å²) in [6, 6.07) is 4.21. The summed E-state index contributed by atoms with van der Waals surface area (Å²) in [6.07, 6.45) is -2.77. The van der Waals surface area contributed by atoms with Crippen LogP contribution < -0.4 is 0 Å². The van der Waals surface area contributed by atoms with Gasteiger partial charge in [0.05, 0.1) is 11.1 Å². The zero-order valence-corrected chi connectivity index (χ0v) is 7.37. The van der Waals surface area contributed by atoms with E-state index in [2.05, 4.69) is 10.2 Å². The summed E-state index contributed by atoms with van der Waals surface area (Å²) in [5.41, 5.74) is -0.398. The molecule has 0 radical (unpaired) electrons. The van der Waals surface area contributed by atoms with Crippen LogP contribution in [0.15, 0.2) is 18.2 Å². The lowest BCUT2D eigenvalue weighted by Crippen LogP contribution is -1.98. The third kappa shape index (κ3) is 1.43. The van der Waals surface area contributed by atoms with E-state index in [9.17, 15) is 13.6 Å². The number of benzene rings is 1. The Kier molecular flexibility index (Phi) is 2.11. The van der Waals surface area contributed by atoms with Crippen molar-refractivity contribution in [3.8, 4) is 0 Å². The van der Waals surface area contributed by atoms with Crippen molar-refractivity contribution in [2.45, 2.75) is 6.43 Å². The zero-order chi connectivity index (χ0) is 11.0. The van der Waals surface area contributed by atoms with Gasteiger partial charge in [-0.1, -0.05) is 6.07 Å². The number of nitrogens with one attached hydrogen (secondary N) is 1. The first-order valence-corrected chi connectivity index (χ1v) is 4.09. The molecule has 1 aromatic carbocycles. The molecule has 2 N–H and O–H groups in total. The number of halogens is 2. The van der Waals surface area contributed by atoms with Crippen molar-refractivity contribution in [2.24, 2.45) is 0 Å². The van der Waals surface area contributed by atoms with Gasteiger partial charge in [-0.3, -0.25) is 5.10 Å². The Morgan fingerprint density at radius 2 is 2.20 bits per heavy atom. The number of hydrogen-bond acceptors (Lipinski definition) is 2. The van der Waals surface area contributed by atoms with Gasteiger partial charge in [0.2, 0.25) is 0 Å². The number of nitrogens with zero attached hydrogens (tertiary/aromatic N) is 1. The number of hydrogen-bond donors (Lipinski definition) is 2. The van der Waals surface area contributed by atoms with Crippen molar-refractivity contribution in [3.63, 3.8) is 0 Å². The number of carboxylic acids is 1. The molecular formula is C9H6F2N2O2. The average molecular weight is 212 g/mol. The average Bonchev–Trinajstić information content (AvgIpc) is 2.60. The van der Waals surface area contributed by atoms with E-state index in [0.29, 0.717) is 0 Å². The van der Waals surface area contributed by atoms with Crippen LogP contribution in [-0.2, 0) is 0 Å². The van der Waals surface area contributed by atoms with Crippen LogP contribution in [0.4, 0.5) is 8.78 Å². The van der Waals surface area contributed by atoms with E-state index < -0.39 is 18.1 Å². The quantitative estimate of drug-likeness (QED) is 0.801. The lowest BCUT2D eigenvalue weighted by molar-refractivity contribution is 0.0699. The van der Waals surface area contributed by atoms with Gasteiger partial charge in [-0.15, -0.1) is 0 Å². The Balaban J connectivity index is 2.80. The third-order valence-corrected chi connectivity index (χ3v) is 2.06. The maximum atomic E-state index is 12.5. The molecule has 15 heavy (non-hydrogen) atoms. The molecule has 1 aromatic heterocycles. The fourth-order valence-corrected chi connectivity index (χ4v) is 1.43. The number of carboxylic acid groups (broad SMARTS) is 1. The van der Waals surface area contributed by atoms with Gasteiger partial charge in [0.1, 0.15) is 5.69 Å². The Labute approximate surface area is 82.5 Å². The molecule has 0 aliphatic carbocycles. The number of carbonyl (C=O) groups is 1. The summed E-state index contributed by atoms with van der Waals surface area (Å²) in [6.45, 7) is 0. The van der Waals surface area contributed by atoms with Gasteiger partial charge in [-0.25, -0.2) is 13.6 Å². The van der Waals surface area contributed by atoms with Crippen molar-refractivity contribution in [2.75, 3.05) is 0 Å². The molecule has 0 fully saturated rings. The van der Waals surface area contributed by atoms with Crippen LogP contribution >= 0.6 is 0 Å². The monoisotopic (exact) mass is 212 g/mol. The minimum Gasteiger partial charge on any atom is -0.478 e. The predicted octanol–water partition coefficient (Wildman–Crippen LogP) is 2.20. The Morgan fingerprint density at radius 1 is 1.47 bits per heavy atom. The zero-order valence-electron chi connectivity index (χ0n) is 7.37. The normalized spacial score (nSPS) is 11.1. The molecule has 0 saturated heterocycles. The summed E-state index contributed by atoms with van der Waals surface area (Å²) >= 11 is 0. The standard InChI is InChI=1S/C9H6F2N2O2/c10-8(11)7-6-4(9(14)15)2-1-3-5(6)12-13-7/h1-3,8H,(H,12,13)(H,14,15). The summed E-state index contributed by atoms with van der Waals surface area (Å²) in [7, 11) is 0. The van der Waals surface area contributed by atoms with E-state index in [0.717, 1.165) is 0 Å². The highest BCUT2D eigenvalue weighted by Gasteiger charge is 2.20. The van der Waals surface area contributed by atoms with Gasteiger partial charge in [0.15, 0.2) is 0 Å².